The maximum Gasteiger partial charge on any atom is 0.220 e. The topological polar surface area (TPSA) is 41.1 Å². The van der Waals surface area contributed by atoms with Crippen LogP contribution in [0.4, 0.5) is 0 Å². The number of amides is 1. The van der Waals surface area contributed by atoms with E-state index in [0.717, 1.165) is 25.1 Å². The van der Waals surface area contributed by atoms with Gasteiger partial charge in [0.2, 0.25) is 5.91 Å². The Kier molecular flexibility index (Phi) is 7.82. The second-order valence-electron chi connectivity index (χ2n) is 5.35. The van der Waals surface area contributed by atoms with Crippen LogP contribution in [0.25, 0.3) is 0 Å². The van der Waals surface area contributed by atoms with Crippen LogP contribution in [0.3, 0.4) is 0 Å². The molecule has 1 aromatic rings. The first-order valence-corrected chi connectivity index (χ1v) is 7.77. The molecule has 0 aliphatic carbocycles. The summed E-state index contributed by atoms with van der Waals surface area (Å²) in [5, 5.41) is 7.50. The van der Waals surface area contributed by atoms with Crippen LogP contribution in [-0.4, -0.2) is 19.0 Å². The van der Waals surface area contributed by atoms with Gasteiger partial charge >= 0.3 is 0 Å². The van der Waals surface area contributed by atoms with E-state index in [2.05, 4.69) is 10.6 Å². The summed E-state index contributed by atoms with van der Waals surface area (Å²) in [6.45, 7) is 4.04. The summed E-state index contributed by atoms with van der Waals surface area (Å²) in [5.41, 5.74) is 0.895. The fourth-order valence-corrected chi connectivity index (χ4v) is 3.11. The van der Waals surface area contributed by atoms with Crippen molar-refractivity contribution in [3.05, 3.63) is 33.8 Å². The second kappa shape index (κ2) is 8.84. The number of carbonyl (C=O) groups excluding carboxylic acids is 1. The highest BCUT2D eigenvalue weighted by Gasteiger charge is 2.17. The average Bonchev–Trinajstić information content (AvgIpc) is 2.89. The van der Waals surface area contributed by atoms with Crippen molar-refractivity contribution in [3.63, 3.8) is 0 Å². The quantitative estimate of drug-likeness (QED) is 0.842. The number of halogens is 3. The van der Waals surface area contributed by atoms with Crippen molar-refractivity contribution in [3.8, 4) is 0 Å². The average molecular weight is 352 g/mol. The predicted molar refractivity (Wildman–Crippen MR) is 90.5 cm³/mol. The van der Waals surface area contributed by atoms with Crippen molar-refractivity contribution in [2.45, 2.75) is 32.2 Å². The standard InChI is InChI=1S/C15H20Cl2N2O.ClH/c1-10(13-4-3-12(16)8-14(13)17)19-15(20)5-2-11-6-7-18-9-11;/h3-4,8,10-11,18H,2,5-7,9H2,1H3,(H,19,20);1H. The summed E-state index contributed by atoms with van der Waals surface area (Å²) >= 11 is 12.0. The van der Waals surface area contributed by atoms with Gasteiger partial charge in [-0.2, -0.15) is 0 Å². The number of hydrogen-bond acceptors (Lipinski definition) is 2. The molecule has 2 atom stereocenters. The molecular weight excluding hydrogens is 331 g/mol. The van der Waals surface area contributed by atoms with Gasteiger partial charge in [-0.15, -0.1) is 12.4 Å². The van der Waals surface area contributed by atoms with Gasteiger partial charge in [0.05, 0.1) is 6.04 Å². The summed E-state index contributed by atoms with van der Waals surface area (Å²) in [7, 11) is 0. The highest BCUT2D eigenvalue weighted by atomic mass is 35.5. The fourth-order valence-electron chi connectivity index (χ4n) is 2.54. The van der Waals surface area contributed by atoms with Crippen molar-refractivity contribution in [2.75, 3.05) is 13.1 Å². The van der Waals surface area contributed by atoms with Crippen LogP contribution >= 0.6 is 35.6 Å². The molecule has 1 fully saturated rings. The molecule has 118 valence electrons. The van der Waals surface area contributed by atoms with Crippen molar-refractivity contribution < 1.29 is 4.79 Å². The first-order chi connectivity index (χ1) is 9.56. The van der Waals surface area contributed by atoms with Crippen molar-refractivity contribution >= 4 is 41.5 Å². The highest BCUT2D eigenvalue weighted by molar-refractivity contribution is 6.35. The van der Waals surface area contributed by atoms with Gasteiger partial charge in [0.25, 0.3) is 0 Å². The summed E-state index contributed by atoms with van der Waals surface area (Å²) in [6, 6.07) is 5.24. The van der Waals surface area contributed by atoms with E-state index in [1.54, 1.807) is 12.1 Å². The van der Waals surface area contributed by atoms with Crippen LogP contribution in [0.1, 0.15) is 37.8 Å². The monoisotopic (exact) mass is 350 g/mol. The van der Waals surface area contributed by atoms with E-state index in [4.69, 9.17) is 23.2 Å². The van der Waals surface area contributed by atoms with E-state index in [1.165, 1.54) is 6.42 Å². The lowest BCUT2D eigenvalue weighted by Crippen LogP contribution is -2.27. The van der Waals surface area contributed by atoms with Crippen molar-refractivity contribution in [2.24, 2.45) is 5.92 Å². The van der Waals surface area contributed by atoms with Gasteiger partial charge in [-0.05, 0) is 56.5 Å². The van der Waals surface area contributed by atoms with Gasteiger partial charge < -0.3 is 10.6 Å². The maximum absolute atomic E-state index is 12.0. The van der Waals surface area contributed by atoms with Crippen molar-refractivity contribution in [1.82, 2.24) is 10.6 Å². The highest BCUT2D eigenvalue weighted by Crippen LogP contribution is 2.26. The van der Waals surface area contributed by atoms with Crippen LogP contribution in [0.15, 0.2) is 18.2 Å². The van der Waals surface area contributed by atoms with Gasteiger partial charge in [0.1, 0.15) is 0 Å². The molecule has 6 heteroatoms. The zero-order valence-electron chi connectivity index (χ0n) is 12.0. The smallest absolute Gasteiger partial charge is 0.220 e. The number of hydrogen-bond donors (Lipinski definition) is 2. The number of nitrogens with one attached hydrogen (secondary N) is 2. The van der Waals surface area contributed by atoms with E-state index in [-0.39, 0.29) is 24.4 Å². The number of benzene rings is 1. The fraction of sp³-hybridized carbons (Fsp3) is 0.533. The second-order valence-corrected chi connectivity index (χ2v) is 6.20. The first-order valence-electron chi connectivity index (χ1n) is 7.01. The molecule has 1 heterocycles. The lowest BCUT2D eigenvalue weighted by molar-refractivity contribution is -0.122. The Morgan fingerprint density at radius 3 is 2.86 bits per heavy atom. The normalized spacial score (nSPS) is 18.9. The number of rotatable bonds is 5. The van der Waals surface area contributed by atoms with Gasteiger partial charge in [0.15, 0.2) is 0 Å². The first kappa shape index (κ1) is 18.6. The predicted octanol–water partition coefficient (Wildman–Crippen LogP) is 3.98. The lowest BCUT2D eigenvalue weighted by Gasteiger charge is -2.16. The Labute approximate surface area is 142 Å². The molecule has 2 unspecified atom stereocenters. The Morgan fingerprint density at radius 1 is 1.48 bits per heavy atom. The molecule has 1 amide bonds. The third-order valence-electron chi connectivity index (χ3n) is 3.75. The van der Waals surface area contributed by atoms with E-state index in [1.807, 2.05) is 13.0 Å². The van der Waals surface area contributed by atoms with Gasteiger partial charge in [0, 0.05) is 16.5 Å². The Balaban J connectivity index is 0.00000220. The molecule has 1 aliphatic heterocycles. The minimum Gasteiger partial charge on any atom is -0.350 e. The molecule has 0 radical (unpaired) electrons. The minimum atomic E-state index is -0.103. The van der Waals surface area contributed by atoms with Crippen molar-refractivity contribution in [1.29, 1.82) is 0 Å². The molecule has 0 saturated carbocycles. The van der Waals surface area contributed by atoms with Crippen LogP contribution < -0.4 is 10.6 Å². The SMILES string of the molecule is CC(NC(=O)CCC1CCNC1)c1ccc(Cl)cc1Cl.Cl. The molecule has 2 rings (SSSR count). The third kappa shape index (κ3) is 5.67. The molecule has 3 nitrogen and oxygen atoms in total. The van der Waals surface area contributed by atoms with Crippen LogP contribution in [0.2, 0.25) is 10.0 Å². The minimum absolute atomic E-state index is 0. The van der Waals surface area contributed by atoms with Gasteiger partial charge in [-0.25, -0.2) is 0 Å². The zero-order chi connectivity index (χ0) is 14.5. The Hall–Kier alpha value is -0.480. The molecule has 1 aromatic carbocycles. The Bertz CT molecular complexity index is 476. The van der Waals surface area contributed by atoms with E-state index in [0.29, 0.717) is 22.4 Å². The van der Waals surface area contributed by atoms with E-state index < -0.39 is 0 Å². The summed E-state index contributed by atoms with van der Waals surface area (Å²) in [4.78, 5) is 12.0. The summed E-state index contributed by atoms with van der Waals surface area (Å²) in [5.74, 6) is 0.714. The van der Waals surface area contributed by atoms with E-state index in [9.17, 15) is 4.79 Å². The molecule has 21 heavy (non-hydrogen) atoms. The van der Waals surface area contributed by atoms with Crippen LogP contribution in [0, 0.1) is 5.92 Å². The van der Waals surface area contributed by atoms with Gasteiger partial charge in [-0.3, -0.25) is 4.79 Å². The molecule has 1 aliphatic rings. The molecular formula is C15H21Cl3N2O. The third-order valence-corrected chi connectivity index (χ3v) is 4.31. The largest absolute Gasteiger partial charge is 0.350 e. The lowest BCUT2D eigenvalue weighted by atomic mass is 10.0. The van der Waals surface area contributed by atoms with Gasteiger partial charge in [-0.1, -0.05) is 29.3 Å². The summed E-state index contributed by atoms with van der Waals surface area (Å²) in [6.07, 6.45) is 2.69. The maximum atomic E-state index is 12.0. The Morgan fingerprint density at radius 2 is 2.24 bits per heavy atom. The molecule has 0 aromatic heterocycles. The molecule has 1 saturated heterocycles. The molecule has 0 spiro atoms. The molecule has 2 N–H and O–H groups in total. The molecule has 0 bridgehead atoms. The summed E-state index contributed by atoms with van der Waals surface area (Å²) < 4.78 is 0. The van der Waals surface area contributed by atoms with Crippen LogP contribution in [-0.2, 0) is 4.79 Å². The van der Waals surface area contributed by atoms with Crippen LogP contribution in [0.5, 0.6) is 0 Å². The van der Waals surface area contributed by atoms with E-state index >= 15 is 0 Å². The zero-order valence-corrected chi connectivity index (χ0v) is 14.3. The number of carbonyl (C=O) groups is 1.